The zero-order valence-corrected chi connectivity index (χ0v) is 10.4. The summed E-state index contributed by atoms with van der Waals surface area (Å²) in [5.74, 6) is 0. The maximum absolute atomic E-state index is 4.10. The highest BCUT2D eigenvalue weighted by molar-refractivity contribution is 4.97. The molecule has 1 saturated heterocycles. The Hall–Kier alpha value is -0.870. The average molecular weight is 234 g/mol. The van der Waals surface area contributed by atoms with E-state index in [0.29, 0.717) is 6.04 Å². The number of piperidine rings is 1. The number of H-pyrrole nitrogens is 1. The van der Waals surface area contributed by atoms with Crippen molar-refractivity contribution in [2.24, 2.45) is 0 Å². The average Bonchev–Trinajstić information content (AvgIpc) is 3.09. The molecular formula is C13H22N4. The Kier molecular flexibility index (Phi) is 3.43. The topological polar surface area (TPSA) is 44.0 Å². The molecule has 0 radical (unpaired) electrons. The first-order chi connectivity index (χ1) is 8.42. The minimum Gasteiger partial charge on any atom is -0.347 e. The highest BCUT2D eigenvalue weighted by Gasteiger charge is 2.31. The molecule has 2 heterocycles. The minimum atomic E-state index is 0.701. The second-order valence-electron chi connectivity index (χ2n) is 5.38. The number of imidazole rings is 1. The van der Waals surface area contributed by atoms with Crippen LogP contribution in [0.15, 0.2) is 12.5 Å². The van der Waals surface area contributed by atoms with E-state index in [1.54, 1.807) is 6.33 Å². The summed E-state index contributed by atoms with van der Waals surface area (Å²) in [6.07, 6.45) is 10.6. The largest absolute Gasteiger partial charge is 0.347 e. The van der Waals surface area contributed by atoms with Crippen molar-refractivity contribution in [3.05, 3.63) is 18.2 Å². The van der Waals surface area contributed by atoms with Gasteiger partial charge in [0.1, 0.15) is 0 Å². The second kappa shape index (κ2) is 5.19. The molecule has 0 bridgehead atoms. The molecule has 0 aromatic carbocycles. The van der Waals surface area contributed by atoms with Crippen LogP contribution >= 0.6 is 0 Å². The molecule has 1 aliphatic carbocycles. The van der Waals surface area contributed by atoms with Gasteiger partial charge >= 0.3 is 0 Å². The number of aromatic nitrogens is 2. The van der Waals surface area contributed by atoms with Crippen molar-refractivity contribution in [1.82, 2.24) is 20.2 Å². The van der Waals surface area contributed by atoms with Gasteiger partial charge in [-0.2, -0.15) is 0 Å². The van der Waals surface area contributed by atoms with Crippen LogP contribution in [-0.2, 0) is 6.54 Å². The molecule has 1 unspecified atom stereocenters. The smallest absolute Gasteiger partial charge is 0.0922 e. The van der Waals surface area contributed by atoms with E-state index < -0.39 is 0 Å². The Morgan fingerprint density at radius 2 is 2.24 bits per heavy atom. The van der Waals surface area contributed by atoms with Gasteiger partial charge in [-0.25, -0.2) is 4.98 Å². The summed E-state index contributed by atoms with van der Waals surface area (Å²) >= 11 is 0. The summed E-state index contributed by atoms with van der Waals surface area (Å²) in [4.78, 5) is 9.94. The van der Waals surface area contributed by atoms with E-state index in [-0.39, 0.29) is 0 Å². The van der Waals surface area contributed by atoms with E-state index in [0.717, 1.165) is 12.6 Å². The van der Waals surface area contributed by atoms with Crippen LogP contribution in [0.3, 0.4) is 0 Å². The zero-order valence-electron chi connectivity index (χ0n) is 10.4. The van der Waals surface area contributed by atoms with Crippen LogP contribution in [0.25, 0.3) is 0 Å². The fraction of sp³-hybridized carbons (Fsp3) is 0.769. The molecule has 1 saturated carbocycles. The van der Waals surface area contributed by atoms with Gasteiger partial charge in [0.25, 0.3) is 0 Å². The van der Waals surface area contributed by atoms with Gasteiger partial charge in [0.05, 0.1) is 6.33 Å². The summed E-state index contributed by atoms with van der Waals surface area (Å²) in [6.45, 7) is 3.43. The van der Waals surface area contributed by atoms with Crippen molar-refractivity contribution >= 4 is 0 Å². The lowest BCUT2D eigenvalue weighted by Gasteiger charge is -2.30. The summed E-state index contributed by atoms with van der Waals surface area (Å²) in [7, 11) is 0. The fourth-order valence-electron chi connectivity index (χ4n) is 2.74. The van der Waals surface area contributed by atoms with Gasteiger partial charge < -0.3 is 10.3 Å². The molecular weight excluding hydrogens is 212 g/mol. The van der Waals surface area contributed by atoms with Crippen LogP contribution < -0.4 is 5.32 Å². The van der Waals surface area contributed by atoms with Gasteiger partial charge in [-0.05, 0) is 32.2 Å². The molecule has 3 rings (SSSR count). The number of rotatable bonds is 5. The van der Waals surface area contributed by atoms with E-state index in [1.165, 1.54) is 50.9 Å². The van der Waals surface area contributed by atoms with Gasteiger partial charge in [0, 0.05) is 37.1 Å². The normalized spacial score (nSPS) is 25.4. The third-order valence-electron chi connectivity index (χ3n) is 3.86. The molecule has 2 aliphatic rings. The van der Waals surface area contributed by atoms with Crippen LogP contribution in [0.4, 0.5) is 0 Å². The minimum absolute atomic E-state index is 0.701. The van der Waals surface area contributed by atoms with Crippen molar-refractivity contribution in [2.75, 3.05) is 13.1 Å². The molecule has 4 heteroatoms. The molecule has 2 N–H and O–H groups in total. The van der Waals surface area contributed by atoms with E-state index >= 15 is 0 Å². The third-order valence-corrected chi connectivity index (χ3v) is 3.86. The Morgan fingerprint density at radius 3 is 2.88 bits per heavy atom. The lowest BCUT2D eigenvalue weighted by molar-refractivity contribution is 0.206. The molecule has 1 atom stereocenters. The van der Waals surface area contributed by atoms with Gasteiger partial charge in [-0.1, -0.05) is 6.42 Å². The molecule has 0 spiro atoms. The van der Waals surface area contributed by atoms with Crippen molar-refractivity contribution in [2.45, 2.75) is 50.7 Å². The van der Waals surface area contributed by atoms with Gasteiger partial charge in [-0.15, -0.1) is 0 Å². The summed E-state index contributed by atoms with van der Waals surface area (Å²) in [5, 5.41) is 3.64. The maximum atomic E-state index is 4.10. The monoisotopic (exact) mass is 234 g/mol. The third kappa shape index (κ3) is 3.07. The van der Waals surface area contributed by atoms with Crippen LogP contribution in [0.5, 0.6) is 0 Å². The Labute approximate surface area is 103 Å². The predicted octanol–water partition coefficient (Wildman–Crippen LogP) is 1.52. The number of nitrogens with one attached hydrogen (secondary N) is 2. The number of hydrogen-bond donors (Lipinski definition) is 2. The summed E-state index contributed by atoms with van der Waals surface area (Å²) < 4.78 is 0. The van der Waals surface area contributed by atoms with Gasteiger partial charge in [-0.3, -0.25) is 4.90 Å². The number of nitrogens with zero attached hydrogens (tertiary/aromatic N) is 2. The lowest BCUT2D eigenvalue weighted by atomic mass is 10.0. The zero-order chi connectivity index (χ0) is 11.5. The molecule has 1 aliphatic heterocycles. The van der Waals surface area contributed by atoms with Crippen molar-refractivity contribution in [1.29, 1.82) is 0 Å². The summed E-state index contributed by atoms with van der Waals surface area (Å²) in [6, 6.07) is 1.52. The predicted molar refractivity (Wildman–Crippen MR) is 67.7 cm³/mol. The van der Waals surface area contributed by atoms with Crippen LogP contribution in [0, 0.1) is 0 Å². The van der Waals surface area contributed by atoms with Crippen molar-refractivity contribution in [3.8, 4) is 0 Å². The first-order valence-electron chi connectivity index (χ1n) is 6.86. The molecule has 1 aromatic heterocycles. The molecule has 94 valence electrons. The van der Waals surface area contributed by atoms with E-state index in [9.17, 15) is 0 Å². The van der Waals surface area contributed by atoms with Crippen molar-refractivity contribution in [3.63, 3.8) is 0 Å². The van der Waals surface area contributed by atoms with Gasteiger partial charge in [0.2, 0.25) is 0 Å². The van der Waals surface area contributed by atoms with E-state index in [2.05, 4.69) is 20.2 Å². The highest BCUT2D eigenvalue weighted by Crippen LogP contribution is 2.28. The molecule has 2 fully saturated rings. The standard InChI is InChI=1S/C13H22N4/c1-2-6-15-11(3-1)8-17(13-4-5-13)9-12-7-14-10-16-12/h7,10-11,13,15H,1-6,8-9H2,(H,14,16). The maximum Gasteiger partial charge on any atom is 0.0922 e. The molecule has 1 aromatic rings. The van der Waals surface area contributed by atoms with Gasteiger partial charge in [0.15, 0.2) is 0 Å². The SMILES string of the molecule is c1ncc(CN(CC2CCCCN2)C2CC2)[nH]1. The lowest BCUT2D eigenvalue weighted by Crippen LogP contribution is -2.44. The number of hydrogen-bond acceptors (Lipinski definition) is 3. The summed E-state index contributed by atoms with van der Waals surface area (Å²) in [5.41, 5.74) is 1.24. The van der Waals surface area contributed by atoms with Crippen LogP contribution in [0.2, 0.25) is 0 Å². The van der Waals surface area contributed by atoms with E-state index in [1.807, 2.05) is 6.20 Å². The fourth-order valence-corrected chi connectivity index (χ4v) is 2.74. The Bertz CT molecular complexity index is 325. The molecule has 4 nitrogen and oxygen atoms in total. The highest BCUT2D eigenvalue weighted by atomic mass is 15.2. The number of aromatic amines is 1. The quantitative estimate of drug-likeness (QED) is 0.812. The first kappa shape index (κ1) is 11.2. The first-order valence-corrected chi connectivity index (χ1v) is 6.86. The van der Waals surface area contributed by atoms with Crippen LogP contribution in [-0.4, -0.2) is 40.0 Å². The van der Waals surface area contributed by atoms with E-state index in [4.69, 9.17) is 0 Å². The Balaban J connectivity index is 1.56. The van der Waals surface area contributed by atoms with Crippen LogP contribution in [0.1, 0.15) is 37.8 Å². The Morgan fingerprint density at radius 1 is 1.29 bits per heavy atom. The van der Waals surface area contributed by atoms with Crippen molar-refractivity contribution < 1.29 is 0 Å². The molecule has 17 heavy (non-hydrogen) atoms. The molecule has 0 amide bonds. The second-order valence-corrected chi connectivity index (χ2v) is 5.38.